The SMILES string of the molecule is Nc1ccc(C(F)(F)F)cc1CC(c1ccccc1Cl)C(C(=O)O)C(=O)O. The van der Waals surface area contributed by atoms with Crippen molar-refractivity contribution in [2.24, 2.45) is 5.92 Å². The minimum absolute atomic E-state index is 0.00502. The van der Waals surface area contributed by atoms with Crippen LogP contribution in [-0.2, 0) is 22.2 Å². The molecule has 4 N–H and O–H groups in total. The smallest absolute Gasteiger partial charge is 0.416 e. The summed E-state index contributed by atoms with van der Waals surface area (Å²) in [6.07, 6.45) is -4.97. The molecule has 1 atom stereocenters. The number of carboxylic acids is 2. The normalized spacial score (nSPS) is 12.8. The summed E-state index contributed by atoms with van der Waals surface area (Å²) in [6.45, 7) is 0. The second-order valence-electron chi connectivity index (χ2n) is 5.90. The molecular formula is C18H15ClF3NO4. The van der Waals surface area contributed by atoms with Gasteiger partial charge in [0.1, 0.15) is 0 Å². The second kappa shape index (κ2) is 7.87. The van der Waals surface area contributed by atoms with Crippen molar-refractivity contribution < 1.29 is 33.0 Å². The standard InChI is InChI=1S/C18H15ClF3NO4/c19-13-4-2-1-3-11(13)12(15(16(24)25)17(26)27)8-9-7-10(18(20,21)22)5-6-14(9)23/h1-7,12,15H,8,23H2,(H,24,25)(H,26,27). The molecule has 0 aliphatic rings. The van der Waals surface area contributed by atoms with Gasteiger partial charge < -0.3 is 15.9 Å². The van der Waals surface area contributed by atoms with Crippen LogP contribution in [0.5, 0.6) is 0 Å². The van der Waals surface area contributed by atoms with Crippen molar-refractivity contribution >= 4 is 29.2 Å². The minimum atomic E-state index is -4.62. The lowest BCUT2D eigenvalue weighted by Crippen LogP contribution is -2.31. The largest absolute Gasteiger partial charge is 0.481 e. The van der Waals surface area contributed by atoms with Gasteiger partial charge in [0, 0.05) is 16.6 Å². The van der Waals surface area contributed by atoms with E-state index in [2.05, 4.69) is 0 Å². The van der Waals surface area contributed by atoms with Crippen LogP contribution in [-0.4, -0.2) is 22.2 Å². The van der Waals surface area contributed by atoms with Crippen molar-refractivity contribution in [3.05, 3.63) is 64.2 Å². The molecule has 0 aliphatic heterocycles. The third kappa shape index (κ3) is 4.71. The maximum atomic E-state index is 13.0. The first-order valence-electron chi connectivity index (χ1n) is 7.68. The van der Waals surface area contributed by atoms with E-state index in [0.29, 0.717) is 0 Å². The average molecular weight is 402 g/mol. The molecule has 2 aromatic carbocycles. The first-order valence-corrected chi connectivity index (χ1v) is 8.05. The van der Waals surface area contributed by atoms with E-state index in [1.54, 1.807) is 6.07 Å². The van der Waals surface area contributed by atoms with Gasteiger partial charge in [-0.15, -0.1) is 0 Å². The molecule has 0 spiro atoms. The Morgan fingerprint density at radius 2 is 1.67 bits per heavy atom. The van der Waals surface area contributed by atoms with E-state index < -0.39 is 35.5 Å². The lowest BCUT2D eigenvalue weighted by molar-refractivity contribution is -0.155. The molecule has 2 aromatic rings. The van der Waals surface area contributed by atoms with E-state index in [1.165, 1.54) is 18.2 Å². The Labute approximate surface area is 157 Å². The molecule has 0 saturated heterocycles. The number of halogens is 4. The quantitative estimate of drug-likeness (QED) is 0.500. The van der Waals surface area contributed by atoms with Crippen molar-refractivity contribution in [1.82, 2.24) is 0 Å². The zero-order valence-corrected chi connectivity index (χ0v) is 14.5. The third-order valence-electron chi connectivity index (χ3n) is 4.15. The van der Waals surface area contributed by atoms with E-state index in [0.717, 1.165) is 18.2 Å². The number of carboxylic acid groups (broad SMARTS) is 2. The summed E-state index contributed by atoms with van der Waals surface area (Å²) in [4.78, 5) is 23.1. The molecule has 0 saturated carbocycles. The van der Waals surface area contributed by atoms with E-state index >= 15 is 0 Å². The minimum Gasteiger partial charge on any atom is -0.481 e. The summed E-state index contributed by atoms with van der Waals surface area (Å²) in [5, 5.41) is 18.8. The van der Waals surface area contributed by atoms with Gasteiger partial charge in [0.05, 0.1) is 5.56 Å². The molecule has 0 heterocycles. The van der Waals surface area contributed by atoms with Crippen LogP contribution in [0.4, 0.5) is 18.9 Å². The van der Waals surface area contributed by atoms with Gasteiger partial charge >= 0.3 is 18.1 Å². The number of nitrogen functional groups attached to an aromatic ring is 1. The van der Waals surface area contributed by atoms with E-state index in [-0.39, 0.29) is 28.3 Å². The highest BCUT2D eigenvalue weighted by Crippen LogP contribution is 2.37. The summed E-state index contributed by atoms with van der Waals surface area (Å²) in [5.74, 6) is -6.39. The first-order chi connectivity index (χ1) is 12.5. The lowest BCUT2D eigenvalue weighted by atomic mass is 9.81. The van der Waals surface area contributed by atoms with Crippen molar-refractivity contribution in [2.75, 3.05) is 5.73 Å². The lowest BCUT2D eigenvalue weighted by Gasteiger charge is -2.24. The maximum absolute atomic E-state index is 13.0. The van der Waals surface area contributed by atoms with Gasteiger partial charge in [-0.25, -0.2) is 0 Å². The molecule has 5 nitrogen and oxygen atoms in total. The number of aliphatic carboxylic acids is 2. The fourth-order valence-electron chi connectivity index (χ4n) is 2.83. The molecule has 1 unspecified atom stereocenters. The van der Waals surface area contributed by atoms with Crippen molar-refractivity contribution in [1.29, 1.82) is 0 Å². The number of nitrogens with two attached hydrogens (primary N) is 1. The highest BCUT2D eigenvalue weighted by Gasteiger charge is 2.38. The Morgan fingerprint density at radius 1 is 1.07 bits per heavy atom. The van der Waals surface area contributed by atoms with Crippen molar-refractivity contribution in [2.45, 2.75) is 18.5 Å². The molecule has 0 bridgehead atoms. The molecule has 0 aliphatic carbocycles. The summed E-state index contributed by atoms with van der Waals surface area (Å²) < 4.78 is 39.0. The summed E-state index contributed by atoms with van der Waals surface area (Å²) >= 11 is 6.09. The van der Waals surface area contributed by atoms with Gasteiger partial charge in [0.25, 0.3) is 0 Å². The van der Waals surface area contributed by atoms with Gasteiger partial charge in [0.15, 0.2) is 5.92 Å². The number of hydrogen-bond donors (Lipinski definition) is 3. The zero-order valence-electron chi connectivity index (χ0n) is 13.7. The topological polar surface area (TPSA) is 101 Å². The van der Waals surface area contributed by atoms with Crippen LogP contribution in [0.15, 0.2) is 42.5 Å². The summed E-state index contributed by atoms with van der Waals surface area (Å²) in [5.41, 5.74) is 4.97. The highest BCUT2D eigenvalue weighted by atomic mass is 35.5. The van der Waals surface area contributed by atoms with Crippen LogP contribution in [0.25, 0.3) is 0 Å². The average Bonchev–Trinajstić information content (AvgIpc) is 2.54. The van der Waals surface area contributed by atoms with E-state index in [1.807, 2.05) is 0 Å². The Morgan fingerprint density at radius 3 is 2.19 bits per heavy atom. The first kappa shape index (κ1) is 20.6. The predicted molar refractivity (Wildman–Crippen MR) is 92.5 cm³/mol. The zero-order chi connectivity index (χ0) is 20.4. The number of alkyl halides is 3. The molecule has 9 heteroatoms. The molecular weight excluding hydrogens is 387 g/mol. The van der Waals surface area contributed by atoms with Crippen LogP contribution in [0, 0.1) is 5.92 Å². The Hall–Kier alpha value is -2.74. The number of hydrogen-bond acceptors (Lipinski definition) is 3. The highest BCUT2D eigenvalue weighted by molar-refractivity contribution is 6.31. The Balaban J connectivity index is 2.58. The van der Waals surface area contributed by atoms with Gasteiger partial charge in [-0.1, -0.05) is 29.8 Å². The Kier molecular flexibility index (Phi) is 6.00. The second-order valence-corrected chi connectivity index (χ2v) is 6.30. The van der Waals surface area contributed by atoms with Crippen LogP contribution in [0.1, 0.15) is 22.6 Å². The maximum Gasteiger partial charge on any atom is 0.416 e. The molecule has 0 radical (unpaired) electrons. The molecule has 144 valence electrons. The predicted octanol–water partition coefficient (Wildman–Crippen LogP) is 4.05. The molecule has 0 amide bonds. The van der Waals surface area contributed by atoms with Gasteiger partial charge in [-0.3, -0.25) is 9.59 Å². The van der Waals surface area contributed by atoms with E-state index in [9.17, 15) is 33.0 Å². The fraction of sp³-hybridized carbons (Fsp3) is 0.222. The number of rotatable bonds is 6. The van der Waals surface area contributed by atoms with Gasteiger partial charge in [-0.2, -0.15) is 13.2 Å². The molecule has 0 aromatic heterocycles. The Bertz CT molecular complexity index is 856. The molecule has 0 fully saturated rings. The van der Waals surface area contributed by atoms with Crippen LogP contribution in [0.3, 0.4) is 0 Å². The third-order valence-corrected chi connectivity index (χ3v) is 4.49. The van der Waals surface area contributed by atoms with E-state index in [4.69, 9.17) is 17.3 Å². The van der Waals surface area contributed by atoms with Crippen molar-refractivity contribution in [3.8, 4) is 0 Å². The number of benzene rings is 2. The van der Waals surface area contributed by atoms with Crippen molar-refractivity contribution in [3.63, 3.8) is 0 Å². The van der Waals surface area contributed by atoms with Gasteiger partial charge in [-0.05, 0) is 41.8 Å². The van der Waals surface area contributed by atoms with Gasteiger partial charge in [0.2, 0.25) is 0 Å². The monoisotopic (exact) mass is 401 g/mol. The van der Waals surface area contributed by atoms with Crippen LogP contribution < -0.4 is 5.73 Å². The fourth-order valence-corrected chi connectivity index (χ4v) is 3.10. The number of anilines is 1. The number of carbonyl (C=O) groups is 2. The van der Waals surface area contributed by atoms with Crippen LogP contribution >= 0.6 is 11.6 Å². The molecule has 2 rings (SSSR count). The molecule has 27 heavy (non-hydrogen) atoms. The summed E-state index contributed by atoms with van der Waals surface area (Å²) in [6, 6.07) is 8.63. The van der Waals surface area contributed by atoms with Crippen LogP contribution in [0.2, 0.25) is 5.02 Å². The summed E-state index contributed by atoms with van der Waals surface area (Å²) in [7, 11) is 0.